The lowest BCUT2D eigenvalue weighted by Gasteiger charge is -2.22. The van der Waals surface area contributed by atoms with E-state index < -0.39 is 17.5 Å². The Morgan fingerprint density at radius 1 is 1.36 bits per heavy atom. The highest BCUT2D eigenvalue weighted by Crippen LogP contribution is 2.22. The number of methoxy groups -OCH3 is 1. The molecule has 0 saturated carbocycles. The molecule has 0 aliphatic rings. The van der Waals surface area contributed by atoms with Gasteiger partial charge in [-0.2, -0.15) is 0 Å². The number of hydrogen-bond donors (Lipinski definition) is 0. The van der Waals surface area contributed by atoms with Crippen molar-refractivity contribution in [2.24, 2.45) is 0 Å². The monoisotopic (exact) mass is 329 g/mol. The molecule has 1 aromatic heterocycles. The summed E-state index contributed by atoms with van der Waals surface area (Å²) in [6, 6.07) is 4.98. The maximum atomic E-state index is 13.4. The fourth-order valence-corrected chi connectivity index (χ4v) is 2.13. The number of nitrogens with zero attached hydrogens (tertiary/aromatic N) is 1. The van der Waals surface area contributed by atoms with E-state index in [0.717, 1.165) is 12.1 Å². The van der Waals surface area contributed by atoms with E-state index >= 15 is 0 Å². The summed E-state index contributed by atoms with van der Waals surface area (Å²) < 4.78 is 36.6. The Labute approximate surface area is 131 Å². The Bertz CT molecular complexity index is 646. The second kappa shape index (κ2) is 7.38. The molecule has 4 nitrogen and oxygen atoms in total. The highest BCUT2D eigenvalue weighted by Gasteiger charge is 2.21. The van der Waals surface area contributed by atoms with Gasteiger partial charge in [0.15, 0.2) is 11.6 Å². The number of benzene rings is 1. The van der Waals surface area contributed by atoms with Gasteiger partial charge in [0.1, 0.15) is 5.76 Å². The van der Waals surface area contributed by atoms with Gasteiger partial charge in [0.2, 0.25) is 0 Å². The van der Waals surface area contributed by atoms with Crippen LogP contribution in [0.4, 0.5) is 8.78 Å². The molecule has 0 spiro atoms. The lowest BCUT2D eigenvalue weighted by molar-refractivity contribution is 0.0666. The minimum absolute atomic E-state index is 0.108. The van der Waals surface area contributed by atoms with Crippen LogP contribution in [0.25, 0.3) is 0 Å². The van der Waals surface area contributed by atoms with Gasteiger partial charge in [0, 0.05) is 13.7 Å². The molecule has 0 bridgehead atoms. The van der Waals surface area contributed by atoms with E-state index in [1.807, 2.05) is 0 Å². The van der Waals surface area contributed by atoms with E-state index in [4.69, 9.17) is 20.8 Å². The average Bonchev–Trinajstić information content (AvgIpc) is 2.99. The largest absolute Gasteiger partial charge is 0.467 e. The van der Waals surface area contributed by atoms with E-state index in [0.29, 0.717) is 5.76 Å². The maximum Gasteiger partial charge on any atom is 0.255 e. The van der Waals surface area contributed by atoms with E-state index in [1.165, 1.54) is 18.3 Å². The average molecular weight is 330 g/mol. The molecule has 0 N–H and O–H groups in total. The van der Waals surface area contributed by atoms with Gasteiger partial charge < -0.3 is 14.1 Å². The summed E-state index contributed by atoms with van der Waals surface area (Å²) in [4.78, 5) is 13.9. The van der Waals surface area contributed by atoms with Crippen LogP contribution >= 0.6 is 11.6 Å². The van der Waals surface area contributed by atoms with E-state index in [-0.39, 0.29) is 30.3 Å². The first-order valence-electron chi connectivity index (χ1n) is 6.48. The van der Waals surface area contributed by atoms with Crippen LogP contribution in [0.1, 0.15) is 16.1 Å². The van der Waals surface area contributed by atoms with Crippen molar-refractivity contribution >= 4 is 17.5 Å². The second-order valence-corrected chi connectivity index (χ2v) is 4.95. The number of furan rings is 1. The van der Waals surface area contributed by atoms with E-state index in [2.05, 4.69) is 0 Å². The van der Waals surface area contributed by atoms with Gasteiger partial charge in [0.25, 0.3) is 5.91 Å². The highest BCUT2D eigenvalue weighted by atomic mass is 35.5. The van der Waals surface area contributed by atoms with Crippen molar-refractivity contribution in [3.05, 3.63) is 58.5 Å². The summed E-state index contributed by atoms with van der Waals surface area (Å²) in [5, 5.41) is -0.147. The summed E-state index contributed by atoms with van der Waals surface area (Å²) in [6.45, 7) is 0.712. The van der Waals surface area contributed by atoms with Crippen molar-refractivity contribution in [1.29, 1.82) is 0 Å². The minimum atomic E-state index is -1.13. The lowest BCUT2D eigenvalue weighted by atomic mass is 10.1. The van der Waals surface area contributed by atoms with Gasteiger partial charge in [-0.15, -0.1) is 0 Å². The molecule has 2 aromatic rings. The van der Waals surface area contributed by atoms with Gasteiger partial charge in [-0.3, -0.25) is 4.79 Å². The number of halogens is 3. The van der Waals surface area contributed by atoms with Crippen LogP contribution in [-0.4, -0.2) is 31.1 Å². The third-order valence-corrected chi connectivity index (χ3v) is 3.33. The molecule has 2 rings (SSSR count). The van der Waals surface area contributed by atoms with Crippen LogP contribution in [0.2, 0.25) is 5.02 Å². The first kappa shape index (κ1) is 16.5. The van der Waals surface area contributed by atoms with E-state index in [9.17, 15) is 13.6 Å². The number of rotatable bonds is 6. The molecular formula is C15H14ClF2NO3. The molecule has 1 amide bonds. The highest BCUT2D eigenvalue weighted by molar-refractivity contribution is 6.33. The van der Waals surface area contributed by atoms with Crippen LogP contribution in [0.15, 0.2) is 34.9 Å². The van der Waals surface area contributed by atoms with Crippen molar-refractivity contribution in [2.45, 2.75) is 6.54 Å². The van der Waals surface area contributed by atoms with Crippen LogP contribution < -0.4 is 0 Å². The Morgan fingerprint density at radius 2 is 2.09 bits per heavy atom. The van der Waals surface area contributed by atoms with Crippen molar-refractivity contribution < 1.29 is 22.7 Å². The van der Waals surface area contributed by atoms with Gasteiger partial charge in [-0.1, -0.05) is 11.6 Å². The van der Waals surface area contributed by atoms with Crippen molar-refractivity contribution in [1.82, 2.24) is 4.90 Å². The van der Waals surface area contributed by atoms with Crippen LogP contribution in [0.3, 0.4) is 0 Å². The number of ether oxygens (including phenoxy) is 1. The second-order valence-electron chi connectivity index (χ2n) is 4.55. The molecule has 118 valence electrons. The third kappa shape index (κ3) is 3.84. The topological polar surface area (TPSA) is 42.7 Å². The predicted octanol–water partition coefficient (Wildman–Crippen LogP) is 3.50. The van der Waals surface area contributed by atoms with Crippen molar-refractivity contribution in [2.75, 3.05) is 20.3 Å². The Morgan fingerprint density at radius 3 is 2.73 bits per heavy atom. The summed E-state index contributed by atoms with van der Waals surface area (Å²) in [5.74, 6) is -2.20. The normalized spacial score (nSPS) is 10.7. The van der Waals surface area contributed by atoms with Crippen molar-refractivity contribution in [3.8, 4) is 0 Å². The zero-order valence-electron chi connectivity index (χ0n) is 11.8. The van der Waals surface area contributed by atoms with Crippen molar-refractivity contribution in [3.63, 3.8) is 0 Å². The SMILES string of the molecule is COCCN(Cc1ccco1)C(=O)c1cc(F)c(F)cc1Cl. The van der Waals surface area contributed by atoms with Crippen LogP contribution in [0.5, 0.6) is 0 Å². The molecule has 0 aliphatic heterocycles. The molecule has 22 heavy (non-hydrogen) atoms. The fourth-order valence-electron chi connectivity index (χ4n) is 1.90. The van der Waals surface area contributed by atoms with Gasteiger partial charge in [-0.05, 0) is 24.3 Å². The van der Waals surface area contributed by atoms with E-state index in [1.54, 1.807) is 12.1 Å². The van der Waals surface area contributed by atoms with Crippen LogP contribution in [-0.2, 0) is 11.3 Å². The molecule has 0 radical (unpaired) electrons. The van der Waals surface area contributed by atoms with Gasteiger partial charge in [-0.25, -0.2) is 8.78 Å². The standard InChI is InChI=1S/C15H14ClF2NO3/c1-21-6-4-19(9-10-3-2-5-22-10)15(20)11-7-13(17)14(18)8-12(11)16/h2-3,5,7-8H,4,6,9H2,1H3. The molecule has 0 unspecified atom stereocenters. The van der Waals surface area contributed by atoms with Gasteiger partial charge >= 0.3 is 0 Å². The van der Waals surface area contributed by atoms with Gasteiger partial charge in [0.05, 0.1) is 30.0 Å². The molecule has 0 fully saturated rings. The molecule has 7 heteroatoms. The number of carbonyl (C=O) groups excluding carboxylic acids is 1. The summed E-state index contributed by atoms with van der Waals surface area (Å²) in [7, 11) is 1.50. The molecule has 1 aromatic carbocycles. The zero-order chi connectivity index (χ0) is 16.1. The zero-order valence-corrected chi connectivity index (χ0v) is 12.6. The molecule has 1 heterocycles. The Balaban J connectivity index is 2.26. The number of amides is 1. The fraction of sp³-hybridized carbons (Fsp3) is 0.267. The number of carbonyl (C=O) groups is 1. The molecule has 0 aliphatic carbocycles. The number of hydrogen-bond acceptors (Lipinski definition) is 3. The minimum Gasteiger partial charge on any atom is -0.467 e. The quantitative estimate of drug-likeness (QED) is 0.762. The smallest absolute Gasteiger partial charge is 0.255 e. The van der Waals surface area contributed by atoms with Crippen LogP contribution in [0, 0.1) is 11.6 Å². The lowest BCUT2D eigenvalue weighted by Crippen LogP contribution is -2.33. The molecule has 0 saturated heterocycles. The third-order valence-electron chi connectivity index (χ3n) is 3.02. The Hall–Kier alpha value is -1.92. The maximum absolute atomic E-state index is 13.4. The first-order chi connectivity index (χ1) is 10.5. The predicted molar refractivity (Wildman–Crippen MR) is 76.7 cm³/mol. The molecule has 0 atom stereocenters. The first-order valence-corrected chi connectivity index (χ1v) is 6.86. The molecular weight excluding hydrogens is 316 g/mol. The Kier molecular flexibility index (Phi) is 5.51. The summed E-state index contributed by atoms with van der Waals surface area (Å²) in [6.07, 6.45) is 1.48. The summed E-state index contributed by atoms with van der Waals surface area (Å²) >= 11 is 5.85. The summed E-state index contributed by atoms with van der Waals surface area (Å²) in [5.41, 5.74) is -0.108.